The highest BCUT2D eigenvalue weighted by molar-refractivity contribution is 5.20. The first kappa shape index (κ1) is 15.4. The maximum absolute atomic E-state index is 13.3. The second kappa shape index (κ2) is 6.19. The van der Waals surface area contributed by atoms with Crippen molar-refractivity contribution < 1.29 is 8.78 Å². The van der Waals surface area contributed by atoms with Crippen molar-refractivity contribution in [3.8, 4) is 0 Å². The third-order valence-electron chi connectivity index (χ3n) is 4.55. The van der Waals surface area contributed by atoms with Gasteiger partial charge in [-0.05, 0) is 70.9 Å². The number of hydrogen-bond acceptors (Lipinski definition) is 2. The third kappa shape index (κ3) is 3.18. The van der Waals surface area contributed by atoms with Crippen molar-refractivity contribution >= 4 is 0 Å². The lowest BCUT2D eigenvalue weighted by atomic mass is 9.87. The van der Waals surface area contributed by atoms with Crippen LogP contribution in [-0.2, 0) is 6.42 Å². The molecule has 1 saturated heterocycles. The summed E-state index contributed by atoms with van der Waals surface area (Å²) in [5.41, 5.74) is 0.825. The molecule has 1 aromatic rings. The van der Waals surface area contributed by atoms with Gasteiger partial charge in [0.25, 0.3) is 0 Å². The maximum atomic E-state index is 13.3. The standard InChI is InChI=1S/C16H24F2N2/c1-16(2,20-8-4-5-9-20)15(19-3)11-12-6-7-13(17)14(18)10-12/h6-7,10,15,19H,4-5,8-9,11H2,1-3H3. The quantitative estimate of drug-likeness (QED) is 0.893. The van der Waals surface area contributed by atoms with E-state index in [1.54, 1.807) is 6.07 Å². The van der Waals surface area contributed by atoms with E-state index in [9.17, 15) is 8.78 Å². The lowest BCUT2D eigenvalue weighted by Gasteiger charge is -2.42. The fourth-order valence-corrected chi connectivity index (χ4v) is 3.12. The molecule has 0 amide bonds. The molecule has 1 unspecified atom stereocenters. The molecule has 1 aliphatic heterocycles. The Hall–Kier alpha value is -1.00. The molecule has 1 fully saturated rings. The molecule has 2 nitrogen and oxygen atoms in total. The normalized spacial score (nSPS) is 18.4. The minimum Gasteiger partial charge on any atom is -0.315 e. The smallest absolute Gasteiger partial charge is 0.159 e. The van der Waals surface area contributed by atoms with Crippen LogP contribution in [0.2, 0.25) is 0 Å². The highest BCUT2D eigenvalue weighted by Gasteiger charge is 2.35. The molecular formula is C16H24F2N2. The van der Waals surface area contributed by atoms with Crippen LogP contribution >= 0.6 is 0 Å². The number of likely N-dealkylation sites (tertiary alicyclic amines) is 1. The second-order valence-corrected chi connectivity index (χ2v) is 6.14. The van der Waals surface area contributed by atoms with Gasteiger partial charge in [0, 0.05) is 11.6 Å². The second-order valence-electron chi connectivity index (χ2n) is 6.14. The molecule has 1 atom stereocenters. The van der Waals surface area contributed by atoms with E-state index in [0.717, 1.165) is 18.7 Å². The lowest BCUT2D eigenvalue weighted by Crippen LogP contribution is -2.57. The van der Waals surface area contributed by atoms with Crippen LogP contribution in [-0.4, -0.2) is 36.6 Å². The van der Waals surface area contributed by atoms with Gasteiger partial charge in [0.05, 0.1) is 0 Å². The Balaban J connectivity index is 2.13. The van der Waals surface area contributed by atoms with Gasteiger partial charge < -0.3 is 5.32 Å². The molecule has 1 heterocycles. The highest BCUT2D eigenvalue weighted by Crippen LogP contribution is 2.26. The van der Waals surface area contributed by atoms with Crippen molar-refractivity contribution in [1.82, 2.24) is 10.2 Å². The predicted octanol–water partition coefficient (Wildman–Crippen LogP) is 2.97. The summed E-state index contributed by atoms with van der Waals surface area (Å²) in [6, 6.07) is 4.38. The molecule has 2 rings (SSSR count). The van der Waals surface area contributed by atoms with Crippen LogP contribution in [0.4, 0.5) is 8.78 Å². The fourth-order valence-electron chi connectivity index (χ4n) is 3.12. The van der Waals surface area contributed by atoms with Crippen molar-refractivity contribution in [2.75, 3.05) is 20.1 Å². The molecule has 0 radical (unpaired) electrons. The summed E-state index contributed by atoms with van der Waals surface area (Å²) >= 11 is 0. The van der Waals surface area contributed by atoms with E-state index in [2.05, 4.69) is 24.1 Å². The van der Waals surface area contributed by atoms with Gasteiger partial charge in [-0.25, -0.2) is 8.78 Å². The number of halogens is 2. The van der Waals surface area contributed by atoms with Gasteiger partial charge in [-0.2, -0.15) is 0 Å². The van der Waals surface area contributed by atoms with E-state index >= 15 is 0 Å². The molecular weight excluding hydrogens is 258 g/mol. The first-order valence-corrected chi connectivity index (χ1v) is 7.31. The fraction of sp³-hybridized carbons (Fsp3) is 0.625. The van der Waals surface area contributed by atoms with Gasteiger partial charge in [-0.15, -0.1) is 0 Å². The number of rotatable bonds is 5. The molecule has 112 valence electrons. The topological polar surface area (TPSA) is 15.3 Å². The third-order valence-corrected chi connectivity index (χ3v) is 4.55. The first-order chi connectivity index (χ1) is 9.45. The zero-order valence-corrected chi connectivity index (χ0v) is 12.5. The van der Waals surface area contributed by atoms with E-state index in [0.29, 0.717) is 6.42 Å². The van der Waals surface area contributed by atoms with Crippen molar-refractivity contribution in [3.63, 3.8) is 0 Å². The highest BCUT2D eigenvalue weighted by atomic mass is 19.2. The molecule has 0 aliphatic carbocycles. The summed E-state index contributed by atoms with van der Waals surface area (Å²) < 4.78 is 26.3. The number of nitrogens with one attached hydrogen (secondary N) is 1. The summed E-state index contributed by atoms with van der Waals surface area (Å²) in [5.74, 6) is -1.55. The maximum Gasteiger partial charge on any atom is 0.159 e. The Morgan fingerprint density at radius 1 is 1.20 bits per heavy atom. The summed E-state index contributed by atoms with van der Waals surface area (Å²) in [7, 11) is 1.93. The number of benzene rings is 1. The molecule has 4 heteroatoms. The Kier molecular flexibility index (Phi) is 4.76. The zero-order chi connectivity index (χ0) is 14.8. The molecule has 1 aromatic carbocycles. The van der Waals surface area contributed by atoms with Crippen LogP contribution in [0.5, 0.6) is 0 Å². The average molecular weight is 282 g/mol. The van der Waals surface area contributed by atoms with Gasteiger partial charge in [0.15, 0.2) is 11.6 Å². The van der Waals surface area contributed by atoms with E-state index in [-0.39, 0.29) is 11.6 Å². The minimum absolute atomic E-state index is 0.00386. The van der Waals surface area contributed by atoms with Crippen LogP contribution in [0, 0.1) is 11.6 Å². The molecule has 20 heavy (non-hydrogen) atoms. The van der Waals surface area contributed by atoms with Gasteiger partial charge in [-0.3, -0.25) is 4.90 Å². The lowest BCUT2D eigenvalue weighted by molar-refractivity contribution is 0.110. The molecule has 1 N–H and O–H groups in total. The van der Waals surface area contributed by atoms with Crippen LogP contribution in [0.25, 0.3) is 0 Å². The van der Waals surface area contributed by atoms with Crippen LogP contribution in [0.1, 0.15) is 32.3 Å². The summed E-state index contributed by atoms with van der Waals surface area (Å²) in [4.78, 5) is 2.48. The van der Waals surface area contributed by atoms with E-state index < -0.39 is 11.6 Å². The zero-order valence-electron chi connectivity index (χ0n) is 12.5. The van der Waals surface area contributed by atoms with Gasteiger partial charge in [0.2, 0.25) is 0 Å². The monoisotopic (exact) mass is 282 g/mol. The van der Waals surface area contributed by atoms with E-state index in [1.807, 2.05) is 7.05 Å². The van der Waals surface area contributed by atoms with E-state index in [1.165, 1.54) is 25.0 Å². The number of likely N-dealkylation sites (N-methyl/N-ethyl adjacent to an activating group) is 1. The van der Waals surface area contributed by atoms with Crippen molar-refractivity contribution in [3.05, 3.63) is 35.4 Å². The van der Waals surface area contributed by atoms with Crippen LogP contribution in [0.3, 0.4) is 0 Å². The summed E-state index contributed by atoms with van der Waals surface area (Å²) in [6.07, 6.45) is 3.17. The Morgan fingerprint density at radius 3 is 2.40 bits per heavy atom. The van der Waals surface area contributed by atoms with Crippen molar-refractivity contribution in [2.45, 2.75) is 44.7 Å². The van der Waals surface area contributed by atoms with Gasteiger partial charge in [0.1, 0.15) is 0 Å². The van der Waals surface area contributed by atoms with E-state index in [4.69, 9.17) is 0 Å². The molecule has 0 saturated carbocycles. The summed E-state index contributed by atoms with van der Waals surface area (Å²) in [6.45, 7) is 6.67. The first-order valence-electron chi connectivity index (χ1n) is 7.31. The van der Waals surface area contributed by atoms with Gasteiger partial charge in [-0.1, -0.05) is 6.07 Å². The molecule has 0 spiro atoms. The number of hydrogen-bond donors (Lipinski definition) is 1. The Bertz CT molecular complexity index is 454. The molecule has 0 bridgehead atoms. The summed E-state index contributed by atoms with van der Waals surface area (Å²) in [5, 5.41) is 3.34. The molecule has 0 aromatic heterocycles. The Morgan fingerprint density at radius 2 is 1.85 bits per heavy atom. The van der Waals surface area contributed by atoms with Crippen LogP contribution in [0.15, 0.2) is 18.2 Å². The largest absolute Gasteiger partial charge is 0.315 e. The van der Waals surface area contributed by atoms with Gasteiger partial charge >= 0.3 is 0 Å². The van der Waals surface area contributed by atoms with Crippen molar-refractivity contribution in [1.29, 1.82) is 0 Å². The Labute approximate surface area is 120 Å². The molecule has 1 aliphatic rings. The van der Waals surface area contributed by atoms with Crippen LogP contribution < -0.4 is 5.32 Å². The van der Waals surface area contributed by atoms with Crippen molar-refractivity contribution in [2.24, 2.45) is 0 Å². The predicted molar refractivity (Wildman–Crippen MR) is 77.8 cm³/mol. The average Bonchev–Trinajstić information content (AvgIpc) is 2.94. The SMILES string of the molecule is CNC(Cc1ccc(F)c(F)c1)C(C)(C)N1CCCC1. The minimum atomic E-state index is -0.784. The number of nitrogens with zero attached hydrogens (tertiary/aromatic N) is 1.